The number of ether oxygens (including phenoxy) is 1. The maximum absolute atomic E-state index is 6.53. The maximum atomic E-state index is 6.53. The molecule has 0 saturated heterocycles. The van der Waals surface area contributed by atoms with Crippen LogP contribution in [0.25, 0.3) is 69.9 Å². The van der Waals surface area contributed by atoms with Gasteiger partial charge in [-0.15, -0.1) is 11.3 Å². The van der Waals surface area contributed by atoms with Gasteiger partial charge < -0.3 is 9.30 Å². The summed E-state index contributed by atoms with van der Waals surface area (Å²) in [5.41, 5.74) is 8.26. The van der Waals surface area contributed by atoms with Crippen LogP contribution in [0.4, 0.5) is 0 Å². The molecule has 0 saturated carbocycles. The fourth-order valence-corrected chi connectivity index (χ4v) is 7.48. The average Bonchev–Trinajstić information content (AvgIpc) is 3.54. The van der Waals surface area contributed by atoms with E-state index >= 15 is 0 Å². The molecule has 0 atom stereocenters. The first-order valence-electron chi connectivity index (χ1n) is 13.2. The second kappa shape index (κ2) is 7.83. The largest absolute Gasteiger partial charge is 0.453 e. The second-order valence-electron chi connectivity index (χ2n) is 10.2. The molecule has 0 amide bonds. The van der Waals surface area contributed by atoms with Crippen molar-refractivity contribution in [2.45, 2.75) is 0 Å². The van der Waals surface area contributed by atoms with Gasteiger partial charge in [-0.25, -0.2) is 0 Å². The van der Waals surface area contributed by atoms with Crippen molar-refractivity contribution in [2.24, 2.45) is 0 Å². The van der Waals surface area contributed by atoms with Crippen molar-refractivity contribution in [3.63, 3.8) is 0 Å². The molecule has 0 aliphatic carbocycles. The van der Waals surface area contributed by atoms with Crippen molar-refractivity contribution in [1.29, 1.82) is 0 Å². The molecule has 1 aliphatic rings. The van der Waals surface area contributed by atoms with Gasteiger partial charge in [0.15, 0.2) is 11.5 Å². The Kier molecular flexibility index (Phi) is 4.24. The van der Waals surface area contributed by atoms with Gasteiger partial charge in [-0.2, -0.15) is 0 Å². The number of fused-ring (bicyclic) bond motifs is 8. The van der Waals surface area contributed by atoms with Gasteiger partial charge in [-0.1, -0.05) is 84.9 Å². The Labute approximate surface area is 228 Å². The van der Waals surface area contributed by atoms with Gasteiger partial charge >= 0.3 is 0 Å². The van der Waals surface area contributed by atoms with E-state index in [2.05, 4.69) is 126 Å². The van der Waals surface area contributed by atoms with Crippen LogP contribution in [-0.4, -0.2) is 4.57 Å². The monoisotopic (exact) mass is 515 g/mol. The summed E-state index contributed by atoms with van der Waals surface area (Å²) in [5.74, 6) is 1.78. The summed E-state index contributed by atoms with van der Waals surface area (Å²) in [4.78, 5) is 0. The van der Waals surface area contributed by atoms with Crippen molar-refractivity contribution in [2.75, 3.05) is 0 Å². The third-order valence-electron chi connectivity index (χ3n) is 7.97. The standard InChI is InChI=1S/C36H21NOS/c1-3-15-30-26(11-1)29-20-24(21-33-35(29)37(30)31-16-4-5-17-32(31)38-33)22-9-7-10-23(19-22)25-13-8-14-28-27-12-2-6-18-34(27)39-36(25)28/h1-21H. The molecule has 9 rings (SSSR count). The number of rotatable bonds is 2. The lowest BCUT2D eigenvalue weighted by atomic mass is 9.96. The Morgan fingerprint density at radius 3 is 2.26 bits per heavy atom. The number of hydrogen-bond acceptors (Lipinski definition) is 2. The van der Waals surface area contributed by atoms with Gasteiger partial charge in [0.2, 0.25) is 0 Å². The van der Waals surface area contributed by atoms with Crippen LogP contribution in [0.1, 0.15) is 0 Å². The van der Waals surface area contributed by atoms with Gasteiger partial charge in [0.05, 0.1) is 16.7 Å². The Morgan fingerprint density at radius 2 is 1.28 bits per heavy atom. The molecule has 6 aromatic carbocycles. The topological polar surface area (TPSA) is 14.2 Å². The van der Waals surface area contributed by atoms with Gasteiger partial charge in [0.25, 0.3) is 0 Å². The maximum Gasteiger partial charge on any atom is 0.152 e. The lowest BCUT2D eigenvalue weighted by Crippen LogP contribution is -2.03. The minimum absolute atomic E-state index is 0.884. The second-order valence-corrected chi connectivity index (χ2v) is 11.2. The zero-order valence-electron chi connectivity index (χ0n) is 20.9. The fourth-order valence-electron chi connectivity index (χ4n) is 6.24. The van der Waals surface area contributed by atoms with Crippen LogP contribution in [0.3, 0.4) is 0 Å². The average molecular weight is 516 g/mol. The highest BCUT2D eigenvalue weighted by Crippen LogP contribution is 2.47. The molecular formula is C36H21NOS. The lowest BCUT2D eigenvalue weighted by molar-refractivity contribution is 0.476. The quantitative estimate of drug-likeness (QED) is 0.223. The third-order valence-corrected chi connectivity index (χ3v) is 9.19. The van der Waals surface area contributed by atoms with Crippen LogP contribution in [0.15, 0.2) is 127 Å². The summed E-state index contributed by atoms with van der Waals surface area (Å²) in [6, 6.07) is 45.8. The molecule has 3 heteroatoms. The molecule has 39 heavy (non-hydrogen) atoms. The summed E-state index contributed by atoms with van der Waals surface area (Å²) in [6.45, 7) is 0. The number of hydrogen-bond donors (Lipinski definition) is 0. The molecule has 0 radical (unpaired) electrons. The van der Waals surface area contributed by atoms with Crippen LogP contribution < -0.4 is 4.74 Å². The Hall–Kier alpha value is -4.86. The highest BCUT2D eigenvalue weighted by Gasteiger charge is 2.24. The predicted molar refractivity (Wildman–Crippen MR) is 165 cm³/mol. The Morgan fingerprint density at radius 1 is 0.513 bits per heavy atom. The van der Waals surface area contributed by atoms with Crippen molar-refractivity contribution < 1.29 is 4.74 Å². The fraction of sp³-hybridized carbons (Fsp3) is 0. The van der Waals surface area contributed by atoms with E-state index in [-0.39, 0.29) is 0 Å². The lowest BCUT2D eigenvalue weighted by Gasteiger charge is -2.21. The van der Waals surface area contributed by atoms with Crippen LogP contribution in [0, 0.1) is 0 Å². The Balaban J connectivity index is 1.27. The third kappa shape index (κ3) is 2.96. The summed E-state index contributed by atoms with van der Waals surface area (Å²) >= 11 is 1.88. The molecule has 3 heterocycles. The molecule has 182 valence electrons. The first kappa shape index (κ1) is 21.1. The number of aromatic nitrogens is 1. The van der Waals surface area contributed by atoms with E-state index in [4.69, 9.17) is 4.74 Å². The van der Waals surface area contributed by atoms with Gasteiger partial charge in [0.1, 0.15) is 0 Å². The van der Waals surface area contributed by atoms with E-state index < -0.39 is 0 Å². The molecule has 0 fully saturated rings. The molecule has 0 N–H and O–H groups in total. The number of benzene rings is 6. The van der Waals surface area contributed by atoms with Crippen molar-refractivity contribution >= 4 is 53.3 Å². The minimum atomic E-state index is 0.884. The van der Waals surface area contributed by atoms with Gasteiger partial charge in [-0.05, 0) is 64.7 Å². The van der Waals surface area contributed by atoms with E-state index in [0.29, 0.717) is 0 Å². The summed E-state index contributed by atoms with van der Waals surface area (Å²) in [5, 5.41) is 5.10. The summed E-state index contributed by atoms with van der Waals surface area (Å²) in [6.07, 6.45) is 0. The van der Waals surface area contributed by atoms with Crippen LogP contribution >= 0.6 is 11.3 Å². The minimum Gasteiger partial charge on any atom is -0.453 e. The van der Waals surface area contributed by atoms with Crippen LogP contribution in [-0.2, 0) is 0 Å². The predicted octanol–water partition coefficient (Wildman–Crippen LogP) is 10.6. The molecule has 2 aromatic heterocycles. The van der Waals surface area contributed by atoms with Crippen LogP contribution in [0.2, 0.25) is 0 Å². The van der Waals surface area contributed by atoms with E-state index in [1.165, 1.54) is 53.2 Å². The highest BCUT2D eigenvalue weighted by atomic mass is 32.1. The van der Waals surface area contributed by atoms with Gasteiger partial charge in [-0.3, -0.25) is 0 Å². The highest BCUT2D eigenvalue weighted by molar-refractivity contribution is 7.26. The summed E-state index contributed by atoms with van der Waals surface area (Å²) < 4.78 is 11.5. The number of nitrogens with zero attached hydrogens (tertiary/aromatic N) is 1. The van der Waals surface area contributed by atoms with Crippen molar-refractivity contribution in [3.8, 4) is 39.4 Å². The van der Waals surface area contributed by atoms with E-state index in [1.54, 1.807) is 0 Å². The first-order valence-corrected chi connectivity index (χ1v) is 14.0. The normalized spacial score (nSPS) is 12.3. The van der Waals surface area contributed by atoms with Crippen molar-refractivity contribution in [3.05, 3.63) is 127 Å². The number of thiophene rings is 1. The first-order chi connectivity index (χ1) is 19.3. The molecule has 1 aliphatic heterocycles. The SMILES string of the molecule is c1cc(-c2cc3c4c(c2)c2ccccc2n4-c2ccccc2O3)cc(-c2cccc3c2sc2ccccc23)c1. The molecule has 0 bridgehead atoms. The summed E-state index contributed by atoms with van der Waals surface area (Å²) in [7, 11) is 0. The van der Waals surface area contributed by atoms with Crippen molar-refractivity contribution in [1.82, 2.24) is 4.57 Å². The molecule has 0 spiro atoms. The Bertz CT molecular complexity index is 2270. The molecule has 2 nitrogen and oxygen atoms in total. The van der Waals surface area contributed by atoms with E-state index in [9.17, 15) is 0 Å². The molecule has 0 unspecified atom stereocenters. The van der Waals surface area contributed by atoms with Gasteiger partial charge in [0, 0.05) is 30.9 Å². The molecular weight excluding hydrogens is 494 g/mol. The zero-order chi connectivity index (χ0) is 25.5. The van der Waals surface area contributed by atoms with E-state index in [1.807, 2.05) is 17.4 Å². The van der Waals surface area contributed by atoms with E-state index in [0.717, 1.165) is 28.3 Å². The zero-order valence-corrected chi connectivity index (χ0v) is 21.7. The van der Waals surface area contributed by atoms with Crippen LogP contribution in [0.5, 0.6) is 11.5 Å². The smallest absolute Gasteiger partial charge is 0.152 e. The number of para-hydroxylation sites is 3. The molecule has 8 aromatic rings.